The van der Waals surface area contributed by atoms with E-state index in [4.69, 9.17) is 9.47 Å². The second kappa shape index (κ2) is 14.0. The van der Waals surface area contributed by atoms with E-state index >= 15 is 0 Å². The van der Waals surface area contributed by atoms with Gasteiger partial charge in [-0.1, -0.05) is 58.3 Å². The Hall–Kier alpha value is -3.22. The van der Waals surface area contributed by atoms with E-state index in [2.05, 4.69) is 6.92 Å². The van der Waals surface area contributed by atoms with Gasteiger partial charge in [-0.3, -0.25) is 14.9 Å². The Morgan fingerprint density at radius 3 is 1.81 bits per heavy atom. The molecule has 0 heterocycles. The van der Waals surface area contributed by atoms with Gasteiger partial charge in [0.15, 0.2) is 0 Å². The Morgan fingerprint density at radius 1 is 0.750 bits per heavy atom. The van der Waals surface area contributed by atoms with Gasteiger partial charge in [0.2, 0.25) is 0 Å². The lowest BCUT2D eigenvalue weighted by Crippen LogP contribution is -2.10. The molecule has 0 saturated heterocycles. The monoisotopic (exact) mass is 441 g/mol. The summed E-state index contributed by atoms with van der Waals surface area (Å²) in [7, 11) is 0. The van der Waals surface area contributed by atoms with E-state index in [0.717, 1.165) is 19.3 Å². The minimum absolute atomic E-state index is 0.0848. The Labute approximate surface area is 188 Å². The first-order chi connectivity index (χ1) is 15.5. The van der Waals surface area contributed by atoms with Crippen LogP contribution in [0.15, 0.2) is 48.5 Å². The smallest absolute Gasteiger partial charge is 0.343 e. The summed E-state index contributed by atoms with van der Waals surface area (Å²) in [6.07, 6.45) is 11.0. The highest BCUT2D eigenvalue weighted by Crippen LogP contribution is 2.20. The number of carbonyl (C=O) groups excluding carboxylic acids is 2. The fourth-order valence-electron chi connectivity index (χ4n) is 3.22. The predicted molar refractivity (Wildman–Crippen MR) is 122 cm³/mol. The number of carbonyl (C=O) groups is 2. The number of hydrogen-bond donors (Lipinski definition) is 0. The van der Waals surface area contributed by atoms with Gasteiger partial charge < -0.3 is 9.47 Å². The number of rotatable bonds is 14. The van der Waals surface area contributed by atoms with Crippen molar-refractivity contribution in [1.29, 1.82) is 0 Å². The van der Waals surface area contributed by atoms with Gasteiger partial charge in [-0.05, 0) is 42.8 Å². The molecule has 2 aromatic rings. The van der Waals surface area contributed by atoms with Crippen LogP contribution in [0.3, 0.4) is 0 Å². The lowest BCUT2D eigenvalue weighted by molar-refractivity contribution is -0.384. The second-order valence-corrected chi connectivity index (χ2v) is 7.72. The minimum atomic E-state index is -0.605. The van der Waals surface area contributed by atoms with E-state index in [0.29, 0.717) is 12.2 Å². The third-order valence-electron chi connectivity index (χ3n) is 5.06. The number of hydrogen-bond acceptors (Lipinski definition) is 6. The van der Waals surface area contributed by atoms with Crippen molar-refractivity contribution < 1.29 is 24.0 Å². The van der Waals surface area contributed by atoms with Crippen LogP contribution >= 0.6 is 0 Å². The van der Waals surface area contributed by atoms with E-state index in [9.17, 15) is 19.7 Å². The average molecular weight is 442 g/mol. The molecule has 0 atom stereocenters. The molecule has 0 saturated carbocycles. The summed E-state index contributed by atoms with van der Waals surface area (Å²) >= 11 is 0. The Morgan fingerprint density at radius 2 is 1.25 bits per heavy atom. The SMILES string of the molecule is CCCCCCCCCCCC(=O)Oc1ccc(C(=O)Oc2ccc([N+](=O)[O-])cc2)cc1. The topological polar surface area (TPSA) is 95.7 Å². The van der Waals surface area contributed by atoms with Crippen molar-refractivity contribution in [3.8, 4) is 11.5 Å². The molecule has 0 aliphatic heterocycles. The van der Waals surface area contributed by atoms with Crippen LogP contribution in [0, 0.1) is 10.1 Å². The van der Waals surface area contributed by atoms with Crippen molar-refractivity contribution >= 4 is 17.6 Å². The van der Waals surface area contributed by atoms with E-state index in [1.807, 2.05) is 0 Å². The van der Waals surface area contributed by atoms with Gasteiger partial charge in [0, 0.05) is 18.6 Å². The summed E-state index contributed by atoms with van der Waals surface area (Å²) in [6, 6.07) is 11.3. The summed E-state index contributed by atoms with van der Waals surface area (Å²) in [4.78, 5) is 34.3. The molecule has 2 rings (SSSR count). The van der Waals surface area contributed by atoms with Crippen LogP contribution in [-0.2, 0) is 4.79 Å². The van der Waals surface area contributed by atoms with Gasteiger partial charge in [0.05, 0.1) is 10.5 Å². The number of nitrogens with zero attached hydrogens (tertiary/aromatic N) is 1. The van der Waals surface area contributed by atoms with Crippen molar-refractivity contribution in [2.75, 3.05) is 0 Å². The molecule has 0 aliphatic carbocycles. The Balaban J connectivity index is 1.67. The molecule has 0 aromatic heterocycles. The van der Waals surface area contributed by atoms with E-state index in [-0.39, 0.29) is 23.0 Å². The maximum absolute atomic E-state index is 12.2. The molecule has 0 radical (unpaired) electrons. The van der Waals surface area contributed by atoms with E-state index in [1.165, 1.54) is 74.9 Å². The third-order valence-corrected chi connectivity index (χ3v) is 5.06. The number of nitro groups is 1. The van der Waals surface area contributed by atoms with Gasteiger partial charge in [-0.25, -0.2) is 4.79 Å². The van der Waals surface area contributed by atoms with Crippen molar-refractivity contribution in [1.82, 2.24) is 0 Å². The summed E-state index contributed by atoms with van der Waals surface area (Å²) in [6.45, 7) is 2.21. The number of unbranched alkanes of at least 4 members (excludes halogenated alkanes) is 8. The van der Waals surface area contributed by atoms with E-state index in [1.54, 1.807) is 12.1 Å². The standard InChI is InChI=1S/C25H31NO6/c1-2-3-4-5-6-7-8-9-10-11-24(27)31-22-16-12-20(13-17-22)25(28)32-23-18-14-21(15-19-23)26(29)30/h12-19H,2-11H2,1H3. The first kappa shape index (κ1) is 25.0. The predicted octanol–water partition coefficient (Wildman–Crippen LogP) is 6.64. The second-order valence-electron chi connectivity index (χ2n) is 7.72. The number of nitro benzene ring substituents is 1. The third kappa shape index (κ3) is 9.29. The zero-order chi connectivity index (χ0) is 23.2. The molecule has 0 unspecified atom stereocenters. The molecule has 0 N–H and O–H groups in total. The Kier molecular flexibility index (Phi) is 10.9. The molecule has 172 valence electrons. The van der Waals surface area contributed by atoms with Gasteiger partial charge in [0.25, 0.3) is 5.69 Å². The molecular weight excluding hydrogens is 410 g/mol. The number of non-ortho nitro benzene ring substituents is 1. The summed E-state index contributed by atoms with van der Waals surface area (Å²) in [5, 5.41) is 10.7. The number of esters is 2. The lowest BCUT2D eigenvalue weighted by atomic mass is 10.1. The number of ether oxygens (including phenoxy) is 2. The van der Waals surface area contributed by atoms with Crippen molar-refractivity contribution in [2.24, 2.45) is 0 Å². The minimum Gasteiger partial charge on any atom is -0.427 e. The maximum atomic E-state index is 12.2. The zero-order valence-corrected chi connectivity index (χ0v) is 18.6. The van der Waals surface area contributed by atoms with Crippen molar-refractivity contribution in [3.63, 3.8) is 0 Å². The normalized spacial score (nSPS) is 10.5. The highest BCUT2D eigenvalue weighted by molar-refractivity contribution is 5.91. The van der Waals surface area contributed by atoms with E-state index < -0.39 is 10.9 Å². The fraction of sp³-hybridized carbons (Fsp3) is 0.440. The molecule has 7 nitrogen and oxygen atoms in total. The molecule has 0 spiro atoms. The lowest BCUT2D eigenvalue weighted by Gasteiger charge is -2.07. The summed E-state index contributed by atoms with van der Waals surface area (Å²) in [5.74, 6) is -0.310. The first-order valence-corrected chi connectivity index (χ1v) is 11.3. The van der Waals surface area contributed by atoms with Gasteiger partial charge in [0.1, 0.15) is 11.5 Å². The van der Waals surface area contributed by atoms with Crippen LogP contribution in [-0.4, -0.2) is 16.9 Å². The van der Waals surface area contributed by atoms with Crippen LogP contribution in [0.1, 0.15) is 81.5 Å². The van der Waals surface area contributed by atoms with Crippen molar-refractivity contribution in [2.45, 2.75) is 71.1 Å². The van der Waals surface area contributed by atoms with Crippen LogP contribution in [0.5, 0.6) is 11.5 Å². The van der Waals surface area contributed by atoms with Gasteiger partial charge in [-0.2, -0.15) is 0 Å². The van der Waals surface area contributed by atoms with Crippen LogP contribution in [0.4, 0.5) is 5.69 Å². The fourth-order valence-corrected chi connectivity index (χ4v) is 3.22. The maximum Gasteiger partial charge on any atom is 0.343 e. The number of benzene rings is 2. The first-order valence-electron chi connectivity index (χ1n) is 11.3. The molecule has 7 heteroatoms. The highest BCUT2D eigenvalue weighted by Gasteiger charge is 2.12. The van der Waals surface area contributed by atoms with Crippen LogP contribution in [0.2, 0.25) is 0 Å². The van der Waals surface area contributed by atoms with Crippen LogP contribution in [0.25, 0.3) is 0 Å². The molecule has 32 heavy (non-hydrogen) atoms. The summed E-state index contributed by atoms with van der Waals surface area (Å²) < 4.78 is 10.5. The molecular formula is C25H31NO6. The summed E-state index contributed by atoms with van der Waals surface area (Å²) in [5.41, 5.74) is 0.195. The molecule has 0 fully saturated rings. The average Bonchev–Trinajstić information content (AvgIpc) is 2.78. The quantitative estimate of drug-likeness (QED) is 0.107. The largest absolute Gasteiger partial charge is 0.427 e. The molecule has 0 bridgehead atoms. The Bertz CT molecular complexity index is 861. The van der Waals surface area contributed by atoms with Crippen molar-refractivity contribution in [3.05, 3.63) is 64.2 Å². The highest BCUT2D eigenvalue weighted by atomic mass is 16.6. The van der Waals surface area contributed by atoms with Crippen LogP contribution < -0.4 is 9.47 Å². The molecule has 2 aromatic carbocycles. The zero-order valence-electron chi connectivity index (χ0n) is 18.6. The molecule has 0 amide bonds. The van der Waals surface area contributed by atoms with Gasteiger partial charge >= 0.3 is 11.9 Å². The van der Waals surface area contributed by atoms with Gasteiger partial charge in [-0.15, -0.1) is 0 Å². The molecule has 0 aliphatic rings.